The first kappa shape index (κ1) is 20.0. The molecule has 3 aromatic heterocycles. The molecule has 0 unspecified atom stereocenters. The number of ketones is 1. The molecule has 0 amide bonds. The van der Waals surface area contributed by atoms with Gasteiger partial charge in [0.1, 0.15) is 6.61 Å². The number of Topliss-reactive ketones (excluding diaryl/α,β-unsaturated/α-hetero) is 1. The molecular formula is C22H18ClFN4O2. The molecule has 0 saturated heterocycles. The number of pyridine rings is 2. The number of H-pyrrole nitrogens is 1. The van der Waals surface area contributed by atoms with Crippen LogP contribution < -0.4 is 4.74 Å². The number of benzene rings is 1. The number of hydrogen-bond acceptors (Lipinski definition) is 5. The molecule has 0 bridgehead atoms. The Morgan fingerprint density at radius 3 is 2.87 bits per heavy atom. The van der Waals surface area contributed by atoms with E-state index in [0.717, 1.165) is 16.8 Å². The average Bonchev–Trinajstić information content (AvgIpc) is 3.08. The number of ether oxygens (including phenoxy) is 1. The molecule has 0 saturated carbocycles. The maximum Gasteiger partial charge on any atom is 0.181 e. The lowest BCUT2D eigenvalue weighted by Gasteiger charge is -2.11. The van der Waals surface area contributed by atoms with Crippen molar-refractivity contribution in [3.63, 3.8) is 0 Å². The van der Waals surface area contributed by atoms with E-state index in [-0.39, 0.29) is 29.4 Å². The van der Waals surface area contributed by atoms with Crippen LogP contribution in [0.3, 0.4) is 0 Å². The van der Waals surface area contributed by atoms with E-state index in [2.05, 4.69) is 20.2 Å². The van der Waals surface area contributed by atoms with Crippen molar-refractivity contribution in [2.75, 3.05) is 0 Å². The van der Waals surface area contributed by atoms with E-state index >= 15 is 4.39 Å². The SMILES string of the molecule is Cc1cccc(COc2ccc(Cl)c(C(=O)Cc3cnc4n[nH]c(C)c4c3)c2F)n1. The van der Waals surface area contributed by atoms with Gasteiger partial charge in [-0.3, -0.25) is 14.9 Å². The highest BCUT2D eigenvalue weighted by Gasteiger charge is 2.21. The largest absolute Gasteiger partial charge is 0.484 e. The van der Waals surface area contributed by atoms with Gasteiger partial charge < -0.3 is 4.74 Å². The molecule has 0 atom stereocenters. The molecular weight excluding hydrogens is 407 g/mol. The van der Waals surface area contributed by atoms with Crippen LogP contribution >= 0.6 is 11.6 Å². The number of aromatic nitrogens is 4. The third-order valence-corrected chi connectivity index (χ3v) is 4.99. The van der Waals surface area contributed by atoms with Crippen LogP contribution in [0.5, 0.6) is 5.75 Å². The number of fused-ring (bicyclic) bond motifs is 1. The van der Waals surface area contributed by atoms with E-state index in [0.29, 0.717) is 16.9 Å². The topological polar surface area (TPSA) is 80.8 Å². The van der Waals surface area contributed by atoms with Crippen LogP contribution in [-0.4, -0.2) is 25.9 Å². The Balaban J connectivity index is 1.57. The number of rotatable bonds is 6. The molecule has 0 spiro atoms. The van der Waals surface area contributed by atoms with E-state index < -0.39 is 11.6 Å². The Labute approximate surface area is 177 Å². The highest BCUT2D eigenvalue weighted by molar-refractivity contribution is 6.34. The first-order chi connectivity index (χ1) is 14.4. The molecule has 4 aromatic rings. The molecule has 8 heteroatoms. The summed E-state index contributed by atoms with van der Waals surface area (Å²) in [6.07, 6.45) is 1.50. The first-order valence-electron chi connectivity index (χ1n) is 9.28. The first-order valence-corrected chi connectivity index (χ1v) is 9.66. The zero-order chi connectivity index (χ0) is 21.3. The number of nitrogens with one attached hydrogen (secondary N) is 1. The van der Waals surface area contributed by atoms with Crippen molar-refractivity contribution < 1.29 is 13.9 Å². The van der Waals surface area contributed by atoms with Gasteiger partial charge in [0.15, 0.2) is 23.0 Å². The lowest BCUT2D eigenvalue weighted by atomic mass is 10.0. The van der Waals surface area contributed by atoms with Gasteiger partial charge in [0.2, 0.25) is 0 Å². The Morgan fingerprint density at radius 1 is 1.23 bits per heavy atom. The summed E-state index contributed by atoms with van der Waals surface area (Å²) in [7, 11) is 0. The van der Waals surface area contributed by atoms with Crippen LogP contribution in [0.25, 0.3) is 11.0 Å². The van der Waals surface area contributed by atoms with Gasteiger partial charge in [-0.2, -0.15) is 5.10 Å². The predicted octanol–water partition coefficient (Wildman–Crippen LogP) is 4.77. The monoisotopic (exact) mass is 424 g/mol. The Hall–Kier alpha value is -3.32. The van der Waals surface area contributed by atoms with Gasteiger partial charge in [0.25, 0.3) is 0 Å². The highest BCUT2D eigenvalue weighted by atomic mass is 35.5. The van der Waals surface area contributed by atoms with Gasteiger partial charge in [-0.15, -0.1) is 0 Å². The smallest absolute Gasteiger partial charge is 0.181 e. The Kier molecular flexibility index (Phi) is 5.46. The number of aromatic amines is 1. The minimum atomic E-state index is -0.784. The predicted molar refractivity (Wildman–Crippen MR) is 111 cm³/mol. The van der Waals surface area contributed by atoms with Gasteiger partial charge >= 0.3 is 0 Å². The van der Waals surface area contributed by atoms with Crippen molar-refractivity contribution in [2.24, 2.45) is 0 Å². The number of carbonyl (C=O) groups excluding carboxylic acids is 1. The lowest BCUT2D eigenvalue weighted by Crippen LogP contribution is -2.09. The molecule has 1 N–H and O–H groups in total. The summed E-state index contributed by atoms with van der Waals surface area (Å²) in [5.41, 5.74) is 3.34. The van der Waals surface area contributed by atoms with Crippen LogP contribution in [0.4, 0.5) is 4.39 Å². The number of carbonyl (C=O) groups is 1. The Bertz CT molecular complexity index is 1260. The summed E-state index contributed by atoms with van der Waals surface area (Å²) in [6, 6.07) is 10.2. The second kappa shape index (κ2) is 8.20. The minimum absolute atomic E-state index is 0.0343. The molecule has 0 aliphatic rings. The quantitative estimate of drug-likeness (QED) is 0.451. The van der Waals surface area contributed by atoms with E-state index in [9.17, 15) is 4.79 Å². The van der Waals surface area contributed by atoms with Crippen molar-refractivity contribution in [3.8, 4) is 5.75 Å². The zero-order valence-corrected chi connectivity index (χ0v) is 17.1. The van der Waals surface area contributed by atoms with Crippen molar-refractivity contribution in [1.29, 1.82) is 0 Å². The van der Waals surface area contributed by atoms with Crippen molar-refractivity contribution in [3.05, 3.63) is 81.6 Å². The van der Waals surface area contributed by atoms with Crippen LogP contribution in [0.15, 0.2) is 42.6 Å². The minimum Gasteiger partial charge on any atom is -0.484 e. The summed E-state index contributed by atoms with van der Waals surface area (Å²) in [6.45, 7) is 3.80. The maximum absolute atomic E-state index is 15.1. The summed E-state index contributed by atoms with van der Waals surface area (Å²) >= 11 is 6.14. The van der Waals surface area contributed by atoms with Crippen LogP contribution in [0, 0.1) is 19.7 Å². The van der Waals surface area contributed by atoms with Gasteiger partial charge in [-0.1, -0.05) is 17.7 Å². The van der Waals surface area contributed by atoms with E-state index in [1.54, 1.807) is 12.3 Å². The van der Waals surface area contributed by atoms with Gasteiger partial charge in [-0.25, -0.2) is 9.37 Å². The summed E-state index contributed by atoms with van der Waals surface area (Å²) in [5, 5.41) is 7.76. The molecule has 6 nitrogen and oxygen atoms in total. The van der Waals surface area contributed by atoms with E-state index in [4.69, 9.17) is 16.3 Å². The number of aryl methyl sites for hydroxylation is 2. The molecule has 0 fully saturated rings. The summed E-state index contributed by atoms with van der Waals surface area (Å²) < 4.78 is 20.6. The fraction of sp³-hybridized carbons (Fsp3) is 0.182. The van der Waals surface area contributed by atoms with E-state index in [1.165, 1.54) is 12.1 Å². The third-order valence-electron chi connectivity index (χ3n) is 4.68. The molecule has 30 heavy (non-hydrogen) atoms. The highest BCUT2D eigenvalue weighted by Crippen LogP contribution is 2.29. The third kappa shape index (κ3) is 4.02. The number of halogens is 2. The molecule has 152 valence electrons. The fourth-order valence-corrected chi connectivity index (χ4v) is 3.42. The lowest BCUT2D eigenvalue weighted by molar-refractivity contribution is 0.0988. The maximum atomic E-state index is 15.1. The molecule has 0 aliphatic carbocycles. The van der Waals surface area contributed by atoms with Crippen LogP contribution in [0.1, 0.15) is 33.0 Å². The Morgan fingerprint density at radius 2 is 2.07 bits per heavy atom. The second-order valence-corrected chi connectivity index (χ2v) is 7.36. The van der Waals surface area contributed by atoms with E-state index in [1.807, 2.05) is 32.0 Å². The van der Waals surface area contributed by atoms with Crippen molar-refractivity contribution in [2.45, 2.75) is 26.9 Å². The average molecular weight is 425 g/mol. The summed E-state index contributed by atoms with van der Waals surface area (Å²) in [5.74, 6) is -1.29. The number of hydrogen-bond donors (Lipinski definition) is 1. The van der Waals surface area contributed by atoms with Crippen LogP contribution in [-0.2, 0) is 13.0 Å². The van der Waals surface area contributed by atoms with Crippen molar-refractivity contribution >= 4 is 28.4 Å². The standard InChI is InChI=1S/C22H18ClFN4O2/c1-12-4-3-5-15(26-12)11-30-19-7-6-17(23)20(21(19)24)18(29)9-14-8-16-13(2)27-28-22(16)25-10-14/h3-8,10H,9,11H2,1-2H3,(H,25,27,28). The molecule has 4 rings (SSSR count). The zero-order valence-electron chi connectivity index (χ0n) is 16.4. The molecule has 0 radical (unpaired) electrons. The van der Waals surface area contributed by atoms with Gasteiger partial charge in [0.05, 0.1) is 16.3 Å². The van der Waals surface area contributed by atoms with Gasteiger partial charge in [-0.05, 0) is 49.7 Å². The molecule has 1 aromatic carbocycles. The van der Waals surface area contributed by atoms with Gasteiger partial charge in [0, 0.05) is 29.4 Å². The second-order valence-electron chi connectivity index (χ2n) is 6.96. The molecule has 0 aliphatic heterocycles. The summed E-state index contributed by atoms with van der Waals surface area (Å²) in [4.78, 5) is 21.4. The van der Waals surface area contributed by atoms with Crippen LogP contribution in [0.2, 0.25) is 5.02 Å². The molecule has 3 heterocycles. The van der Waals surface area contributed by atoms with Crippen molar-refractivity contribution in [1.82, 2.24) is 20.2 Å². The number of nitrogens with zero attached hydrogens (tertiary/aromatic N) is 3. The normalized spacial score (nSPS) is 11.1. The fourth-order valence-electron chi connectivity index (χ4n) is 3.17.